The lowest BCUT2D eigenvalue weighted by Crippen LogP contribution is -2.39. The van der Waals surface area contributed by atoms with Gasteiger partial charge >= 0.3 is 5.69 Å². The number of ether oxygens (including phenoxy) is 1. The van der Waals surface area contributed by atoms with Crippen LogP contribution in [0.5, 0.6) is 0 Å². The Morgan fingerprint density at radius 1 is 1.12 bits per heavy atom. The number of fused-ring (bicyclic) bond motifs is 1. The van der Waals surface area contributed by atoms with Crippen molar-refractivity contribution in [2.75, 3.05) is 32.8 Å². The Hall–Kier alpha value is -1.96. The average Bonchev–Trinajstić information content (AvgIpc) is 2.92. The maximum Gasteiger partial charge on any atom is 0.335 e. The summed E-state index contributed by atoms with van der Waals surface area (Å²) in [6.07, 6.45) is 1.73. The zero-order valence-electron chi connectivity index (χ0n) is 13.8. The van der Waals surface area contributed by atoms with Gasteiger partial charge in [-0.2, -0.15) is 0 Å². The zero-order chi connectivity index (χ0) is 17.2. The molecule has 0 spiro atoms. The second kappa shape index (κ2) is 7.11. The van der Waals surface area contributed by atoms with Crippen molar-refractivity contribution in [3.8, 4) is 5.69 Å². The van der Waals surface area contributed by atoms with Crippen molar-refractivity contribution in [2.45, 2.75) is 6.54 Å². The summed E-state index contributed by atoms with van der Waals surface area (Å²) in [5.74, 6) is 0. The summed E-state index contributed by atoms with van der Waals surface area (Å²) in [5, 5.41) is 0. The van der Waals surface area contributed by atoms with Crippen LogP contribution in [0, 0.1) is 0 Å². The van der Waals surface area contributed by atoms with Gasteiger partial charge in [-0.1, -0.05) is 18.2 Å². The third-order valence-electron chi connectivity index (χ3n) is 4.50. The number of rotatable bonds is 4. The molecule has 4 rings (SSSR count). The van der Waals surface area contributed by atoms with Gasteiger partial charge in [0.2, 0.25) is 0 Å². The van der Waals surface area contributed by atoms with E-state index in [0.29, 0.717) is 12.2 Å². The average molecular weight is 403 g/mol. The van der Waals surface area contributed by atoms with Crippen LogP contribution in [0.4, 0.5) is 0 Å². The molecule has 0 saturated carbocycles. The van der Waals surface area contributed by atoms with Crippen molar-refractivity contribution in [1.29, 1.82) is 0 Å². The zero-order valence-corrected chi connectivity index (χ0v) is 15.4. The van der Waals surface area contributed by atoms with E-state index in [-0.39, 0.29) is 5.69 Å². The number of benzene rings is 1. The molecule has 0 unspecified atom stereocenters. The topological polar surface area (TPSA) is 52.3 Å². The third-order valence-corrected chi connectivity index (χ3v) is 4.93. The van der Waals surface area contributed by atoms with Crippen molar-refractivity contribution >= 4 is 27.1 Å². The lowest BCUT2D eigenvalue weighted by molar-refractivity contribution is 0.0364. The van der Waals surface area contributed by atoms with Crippen LogP contribution in [-0.2, 0) is 11.3 Å². The number of aromatic nitrogens is 3. The number of imidazole rings is 1. The first kappa shape index (κ1) is 16.5. The van der Waals surface area contributed by atoms with Gasteiger partial charge < -0.3 is 4.74 Å². The molecule has 130 valence electrons. The van der Waals surface area contributed by atoms with Gasteiger partial charge in [-0.3, -0.25) is 9.47 Å². The fourth-order valence-electron chi connectivity index (χ4n) is 3.20. The second-order valence-corrected chi connectivity index (χ2v) is 6.97. The van der Waals surface area contributed by atoms with E-state index in [1.165, 1.54) is 0 Å². The summed E-state index contributed by atoms with van der Waals surface area (Å²) in [7, 11) is 0. The highest BCUT2D eigenvalue weighted by Gasteiger charge is 2.17. The fraction of sp³-hybridized carbons (Fsp3) is 0.333. The van der Waals surface area contributed by atoms with Gasteiger partial charge in [0.15, 0.2) is 5.65 Å². The molecule has 1 aromatic carbocycles. The Balaban J connectivity index is 1.76. The summed E-state index contributed by atoms with van der Waals surface area (Å²) in [6.45, 7) is 4.79. The Labute approximate surface area is 153 Å². The molecular formula is C18H19BrN4O2. The minimum atomic E-state index is -0.0555. The number of halogens is 1. The molecule has 7 heteroatoms. The van der Waals surface area contributed by atoms with E-state index >= 15 is 0 Å². The first-order chi connectivity index (χ1) is 12.2. The Bertz CT molecular complexity index is 929. The van der Waals surface area contributed by atoms with Crippen molar-refractivity contribution in [3.05, 3.63) is 57.6 Å². The molecule has 0 aliphatic carbocycles. The molecule has 1 aliphatic heterocycles. The minimum absolute atomic E-state index is 0.0555. The highest BCUT2D eigenvalue weighted by atomic mass is 79.9. The van der Waals surface area contributed by atoms with Crippen molar-refractivity contribution in [3.63, 3.8) is 0 Å². The van der Waals surface area contributed by atoms with E-state index in [0.717, 1.165) is 48.5 Å². The highest BCUT2D eigenvalue weighted by molar-refractivity contribution is 9.10. The van der Waals surface area contributed by atoms with Gasteiger partial charge in [-0.25, -0.2) is 14.3 Å². The van der Waals surface area contributed by atoms with Crippen molar-refractivity contribution in [1.82, 2.24) is 19.0 Å². The van der Waals surface area contributed by atoms with Crippen LogP contribution < -0.4 is 5.69 Å². The molecule has 6 nitrogen and oxygen atoms in total. The minimum Gasteiger partial charge on any atom is -0.379 e. The lowest BCUT2D eigenvalue weighted by atomic mass is 10.3. The van der Waals surface area contributed by atoms with E-state index in [9.17, 15) is 4.79 Å². The summed E-state index contributed by atoms with van der Waals surface area (Å²) >= 11 is 3.47. The molecular weight excluding hydrogens is 384 g/mol. The monoisotopic (exact) mass is 402 g/mol. The number of morpholine rings is 1. The van der Waals surface area contributed by atoms with Crippen molar-refractivity contribution < 1.29 is 4.74 Å². The molecule has 1 fully saturated rings. The number of para-hydroxylation sites is 1. The number of pyridine rings is 1. The second-order valence-electron chi connectivity index (χ2n) is 6.06. The van der Waals surface area contributed by atoms with Crippen LogP contribution in [0.2, 0.25) is 0 Å². The normalized spacial score (nSPS) is 15.7. The Morgan fingerprint density at radius 2 is 1.88 bits per heavy atom. The first-order valence-electron chi connectivity index (χ1n) is 8.36. The molecule has 0 atom stereocenters. The summed E-state index contributed by atoms with van der Waals surface area (Å²) in [5.41, 5.74) is 2.30. The van der Waals surface area contributed by atoms with Gasteiger partial charge in [0, 0.05) is 36.8 Å². The van der Waals surface area contributed by atoms with Crippen molar-refractivity contribution in [2.24, 2.45) is 0 Å². The van der Waals surface area contributed by atoms with E-state index in [1.54, 1.807) is 10.8 Å². The maximum atomic E-state index is 13.1. The lowest BCUT2D eigenvalue weighted by Gasteiger charge is -2.26. The molecule has 0 amide bonds. The SMILES string of the molecule is O=c1n(CCN2CCOCC2)c2cc(Br)cnc2n1-c1ccccc1. The molecule has 1 saturated heterocycles. The van der Waals surface area contributed by atoms with Crippen LogP contribution in [0.15, 0.2) is 51.9 Å². The molecule has 0 radical (unpaired) electrons. The van der Waals surface area contributed by atoms with Crippen LogP contribution in [0.3, 0.4) is 0 Å². The molecule has 3 aromatic rings. The maximum absolute atomic E-state index is 13.1. The van der Waals surface area contributed by atoms with Gasteiger partial charge in [-0.05, 0) is 34.1 Å². The highest BCUT2D eigenvalue weighted by Crippen LogP contribution is 2.19. The standard InChI is InChI=1S/C18H19BrN4O2/c19-14-12-16-17(20-13-14)23(15-4-2-1-3-5-15)18(24)22(16)7-6-21-8-10-25-11-9-21/h1-5,12-13H,6-11H2. The third kappa shape index (κ3) is 3.27. The molecule has 2 aromatic heterocycles. The summed E-state index contributed by atoms with van der Waals surface area (Å²) < 4.78 is 9.76. The van der Waals surface area contributed by atoms with Crippen LogP contribution in [0.25, 0.3) is 16.9 Å². The molecule has 1 aliphatic rings. The van der Waals surface area contributed by atoms with Gasteiger partial charge in [0.25, 0.3) is 0 Å². The van der Waals surface area contributed by atoms with E-state index in [1.807, 2.05) is 41.0 Å². The number of nitrogens with zero attached hydrogens (tertiary/aromatic N) is 4. The molecule has 0 bridgehead atoms. The van der Waals surface area contributed by atoms with Gasteiger partial charge in [0.05, 0.1) is 24.4 Å². The summed E-state index contributed by atoms with van der Waals surface area (Å²) in [6, 6.07) is 11.6. The molecule has 3 heterocycles. The van der Waals surface area contributed by atoms with Crippen LogP contribution in [-0.4, -0.2) is 51.9 Å². The van der Waals surface area contributed by atoms with Crippen LogP contribution in [0.1, 0.15) is 0 Å². The Kier molecular flexibility index (Phi) is 4.70. The van der Waals surface area contributed by atoms with E-state index in [4.69, 9.17) is 4.74 Å². The molecule has 0 N–H and O–H groups in total. The van der Waals surface area contributed by atoms with Gasteiger partial charge in [0.1, 0.15) is 0 Å². The molecule has 25 heavy (non-hydrogen) atoms. The van der Waals surface area contributed by atoms with E-state index in [2.05, 4.69) is 25.8 Å². The van der Waals surface area contributed by atoms with Crippen LogP contribution >= 0.6 is 15.9 Å². The Morgan fingerprint density at radius 3 is 2.64 bits per heavy atom. The quantitative estimate of drug-likeness (QED) is 0.671. The summed E-state index contributed by atoms with van der Waals surface area (Å²) in [4.78, 5) is 19.9. The smallest absolute Gasteiger partial charge is 0.335 e. The largest absolute Gasteiger partial charge is 0.379 e. The fourth-order valence-corrected chi connectivity index (χ4v) is 3.52. The number of hydrogen-bond acceptors (Lipinski definition) is 4. The van der Waals surface area contributed by atoms with E-state index < -0.39 is 0 Å². The predicted octanol–water partition coefficient (Wildman–Crippen LogP) is 2.28. The first-order valence-corrected chi connectivity index (χ1v) is 9.15. The number of hydrogen-bond donors (Lipinski definition) is 0. The predicted molar refractivity (Wildman–Crippen MR) is 100 cm³/mol. The van der Waals surface area contributed by atoms with Gasteiger partial charge in [-0.15, -0.1) is 0 Å².